The van der Waals surface area contributed by atoms with Crippen LogP contribution in [-0.2, 0) is 9.84 Å². The number of piperidine rings is 1. The van der Waals surface area contributed by atoms with Crippen LogP contribution in [0.15, 0.2) is 36.7 Å². The van der Waals surface area contributed by atoms with Crippen molar-refractivity contribution < 1.29 is 13.2 Å². The second-order valence-electron chi connectivity index (χ2n) is 6.26. The summed E-state index contributed by atoms with van der Waals surface area (Å²) in [5.41, 5.74) is 1.41. The highest BCUT2D eigenvalue weighted by molar-refractivity contribution is 7.90. The van der Waals surface area contributed by atoms with Crippen molar-refractivity contribution in [2.45, 2.75) is 25.3 Å². The first-order valence-electron chi connectivity index (χ1n) is 8.14. The molecule has 25 heavy (non-hydrogen) atoms. The summed E-state index contributed by atoms with van der Waals surface area (Å²) in [4.78, 5) is 14.3. The van der Waals surface area contributed by atoms with Gasteiger partial charge in [-0.05, 0) is 37.5 Å². The number of benzene rings is 1. The minimum Gasteiger partial charge on any atom is -0.321 e. The number of anilines is 1. The van der Waals surface area contributed by atoms with E-state index in [2.05, 4.69) is 15.6 Å². The summed E-state index contributed by atoms with van der Waals surface area (Å²) in [6, 6.07) is 6.70. The molecule has 1 aromatic carbocycles. The third-order valence-corrected chi connectivity index (χ3v) is 5.16. The van der Waals surface area contributed by atoms with Gasteiger partial charge >= 0.3 is 6.03 Å². The number of likely N-dealkylation sites (tertiary alicyclic amines) is 1. The fraction of sp³-hybridized carbons (Fsp3) is 0.438. The molecule has 2 amide bonds. The lowest BCUT2D eigenvalue weighted by Gasteiger charge is -2.35. The standard InChI is InChI=1S/C16H21N5O3S/c1-25(23,24)12-15-6-2-3-9-20(15)16(22)18-13-5-4-7-14(11-13)21-10-8-17-19-21/h4-5,7-8,10-11,15H,2-3,6,9,12H2,1H3,(H,18,22). The van der Waals surface area contributed by atoms with E-state index in [-0.39, 0.29) is 17.8 Å². The molecule has 0 aliphatic carbocycles. The van der Waals surface area contributed by atoms with E-state index in [4.69, 9.17) is 0 Å². The van der Waals surface area contributed by atoms with Crippen LogP contribution in [0.5, 0.6) is 0 Å². The van der Waals surface area contributed by atoms with Crippen LogP contribution in [0.25, 0.3) is 5.69 Å². The van der Waals surface area contributed by atoms with E-state index in [0.29, 0.717) is 18.7 Å². The number of carbonyl (C=O) groups is 1. The van der Waals surface area contributed by atoms with E-state index in [1.807, 2.05) is 12.1 Å². The highest BCUT2D eigenvalue weighted by Crippen LogP contribution is 2.21. The Kier molecular flexibility index (Phi) is 5.03. The summed E-state index contributed by atoms with van der Waals surface area (Å²) in [7, 11) is -3.14. The molecule has 2 aromatic rings. The van der Waals surface area contributed by atoms with Crippen LogP contribution in [0.2, 0.25) is 0 Å². The van der Waals surface area contributed by atoms with E-state index in [1.54, 1.807) is 34.1 Å². The van der Waals surface area contributed by atoms with E-state index in [0.717, 1.165) is 18.5 Å². The number of urea groups is 1. The quantitative estimate of drug-likeness (QED) is 0.892. The Bertz CT molecular complexity index is 835. The van der Waals surface area contributed by atoms with E-state index < -0.39 is 9.84 Å². The van der Waals surface area contributed by atoms with E-state index in [1.165, 1.54) is 6.26 Å². The van der Waals surface area contributed by atoms with Crippen molar-refractivity contribution in [1.82, 2.24) is 19.9 Å². The van der Waals surface area contributed by atoms with E-state index >= 15 is 0 Å². The molecule has 8 nitrogen and oxygen atoms in total. The predicted octanol–water partition coefficient (Wildman–Crippen LogP) is 1.70. The van der Waals surface area contributed by atoms with Crippen molar-refractivity contribution in [3.8, 4) is 5.69 Å². The zero-order chi connectivity index (χ0) is 17.9. The van der Waals surface area contributed by atoms with Crippen molar-refractivity contribution in [1.29, 1.82) is 0 Å². The van der Waals surface area contributed by atoms with Crippen LogP contribution in [0.1, 0.15) is 19.3 Å². The van der Waals surface area contributed by atoms with Crippen molar-refractivity contribution in [2.75, 3.05) is 23.9 Å². The van der Waals surface area contributed by atoms with E-state index in [9.17, 15) is 13.2 Å². The number of hydrogen-bond donors (Lipinski definition) is 1. The van der Waals surface area contributed by atoms with Crippen LogP contribution in [-0.4, -0.2) is 58.9 Å². The number of sulfone groups is 1. The molecule has 1 aliphatic rings. The molecule has 1 saturated heterocycles. The topological polar surface area (TPSA) is 97.2 Å². The Balaban J connectivity index is 1.73. The molecule has 0 spiro atoms. The summed E-state index contributed by atoms with van der Waals surface area (Å²) in [6.45, 7) is 0.564. The molecule has 0 saturated carbocycles. The zero-order valence-corrected chi connectivity index (χ0v) is 14.8. The molecule has 0 radical (unpaired) electrons. The van der Waals surface area contributed by atoms with Crippen molar-refractivity contribution in [2.24, 2.45) is 0 Å². The third-order valence-electron chi connectivity index (χ3n) is 4.17. The van der Waals surface area contributed by atoms with Gasteiger partial charge in [-0.3, -0.25) is 0 Å². The Morgan fingerprint density at radius 1 is 1.36 bits per heavy atom. The molecule has 1 aliphatic heterocycles. The lowest BCUT2D eigenvalue weighted by atomic mass is 10.0. The first-order chi connectivity index (χ1) is 11.9. The molecule has 1 unspecified atom stereocenters. The highest BCUT2D eigenvalue weighted by atomic mass is 32.2. The first-order valence-corrected chi connectivity index (χ1v) is 10.2. The molecule has 1 aromatic heterocycles. The van der Waals surface area contributed by atoms with Crippen LogP contribution in [0.4, 0.5) is 10.5 Å². The minimum absolute atomic E-state index is 0.000579. The van der Waals surface area contributed by atoms with Crippen LogP contribution < -0.4 is 5.32 Å². The Hall–Kier alpha value is -2.42. The maximum Gasteiger partial charge on any atom is 0.322 e. The molecule has 3 rings (SSSR count). The van der Waals surface area contributed by atoms with Gasteiger partial charge in [-0.15, -0.1) is 5.10 Å². The normalized spacial score (nSPS) is 18.1. The highest BCUT2D eigenvalue weighted by Gasteiger charge is 2.29. The molecule has 2 heterocycles. The van der Waals surface area contributed by atoms with Gasteiger partial charge in [-0.2, -0.15) is 0 Å². The number of carbonyl (C=O) groups excluding carboxylic acids is 1. The molecular formula is C16H21N5O3S. The van der Waals surface area contributed by atoms with Gasteiger partial charge in [0.2, 0.25) is 0 Å². The second-order valence-corrected chi connectivity index (χ2v) is 8.45. The molecule has 1 N–H and O–H groups in total. The number of nitrogens with zero attached hydrogens (tertiary/aromatic N) is 4. The minimum atomic E-state index is -3.14. The van der Waals surface area contributed by atoms with Gasteiger partial charge in [0, 0.05) is 24.5 Å². The fourth-order valence-corrected chi connectivity index (χ4v) is 4.10. The van der Waals surface area contributed by atoms with Gasteiger partial charge in [0.25, 0.3) is 0 Å². The summed E-state index contributed by atoms with van der Waals surface area (Å²) >= 11 is 0. The van der Waals surface area contributed by atoms with Crippen molar-refractivity contribution in [3.63, 3.8) is 0 Å². The Morgan fingerprint density at radius 2 is 2.20 bits per heavy atom. The number of amides is 2. The van der Waals surface area contributed by atoms with Crippen molar-refractivity contribution in [3.05, 3.63) is 36.7 Å². The molecule has 1 atom stereocenters. The molecular weight excluding hydrogens is 342 g/mol. The summed E-state index contributed by atoms with van der Waals surface area (Å²) < 4.78 is 24.9. The maximum atomic E-state index is 12.6. The summed E-state index contributed by atoms with van der Waals surface area (Å²) in [5.74, 6) is -0.000579. The predicted molar refractivity (Wildman–Crippen MR) is 94.4 cm³/mol. The molecule has 0 bridgehead atoms. The first kappa shape index (κ1) is 17.4. The average molecular weight is 363 g/mol. The van der Waals surface area contributed by atoms with Crippen LogP contribution >= 0.6 is 0 Å². The largest absolute Gasteiger partial charge is 0.322 e. The third kappa shape index (κ3) is 4.56. The van der Waals surface area contributed by atoms with Crippen LogP contribution in [0, 0.1) is 0 Å². The fourth-order valence-electron chi connectivity index (χ4n) is 3.06. The molecule has 9 heteroatoms. The summed E-state index contributed by atoms with van der Waals surface area (Å²) in [5, 5.41) is 10.6. The zero-order valence-electron chi connectivity index (χ0n) is 14.0. The molecule has 134 valence electrons. The SMILES string of the molecule is CS(=O)(=O)CC1CCCCN1C(=O)Nc1cccc(-n2ccnn2)c1. The van der Waals surface area contributed by atoms with Gasteiger partial charge in [0.05, 0.1) is 23.8 Å². The van der Waals surface area contributed by atoms with Gasteiger partial charge < -0.3 is 10.2 Å². The van der Waals surface area contributed by atoms with Crippen molar-refractivity contribution >= 4 is 21.6 Å². The number of rotatable bonds is 4. The Morgan fingerprint density at radius 3 is 2.92 bits per heavy atom. The number of nitrogens with one attached hydrogen (secondary N) is 1. The lowest BCUT2D eigenvalue weighted by Crippen LogP contribution is -2.48. The average Bonchev–Trinajstić information content (AvgIpc) is 3.08. The van der Waals surface area contributed by atoms with Gasteiger partial charge in [-0.1, -0.05) is 11.3 Å². The van der Waals surface area contributed by atoms with Gasteiger partial charge in [0.1, 0.15) is 9.84 Å². The number of aromatic nitrogens is 3. The second kappa shape index (κ2) is 7.22. The molecule has 1 fully saturated rings. The number of hydrogen-bond acceptors (Lipinski definition) is 5. The smallest absolute Gasteiger partial charge is 0.321 e. The van der Waals surface area contributed by atoms with Gasteiger partial charge in [0.15, 0.2) is 0 Å². The summed E-state index contributed by atoms with van der Waals surface area (Å²) in [6.07, 6.45) is 7.03. The lowest BCUT2D eigenvalue weighted by molar-refractivity contribution is 0.171. The Labute approximate surface area is 146 Å². The van der Waals surface area contributed by atoms with Crippen LogP contribution in [0.3, 0.4) is 0 Å². The maximum absolute atomic E-state index is 12.6. The van der Waals surface area contributed by atoms with Gasteiger partial charge in [-0.25, -0.2) is 17.9 Å². The monoisotopic (exact) mass is 363 g/mol.